The van der Waals surface area contributed by atoms with E-state index in [9.17, 15) is 4.79 Å². The summed E-state index contributed by atoms with van der Waals surface area (Å²) in [7, 11) is 4.01. The fraction of sp³-hybridized carbons (Fsp3) is 0.571. The number of ether oxygens (including phenoxy) is 1. The molecule has 0 spiro atoms. The molecule has 0 aliphatic carbocycles. The van der Waals surface area contributed by atoms with Crippen molar-refractivity contribution < 1.29 is 9.53 Å². The minimum absolute atomic E-state index is 0.0475. The highest BCUT2D eigenvalue weighted by atomic mass is 16.5. The third kappa shape index (κ3) is 4.70. The second-order valence-electron chi connectivity index (χ2n) is 10.7. The number of carbonyl (C=O) groups excluding carboxylic acids is 1. The van der Waals surface area contributed by atoms with Crippen molar-refractivity contribution in [1.82, 2.24) is 24.9 Å². The second-order valence-corrected chi connectivity index (χ2v) is 10.7. The van der Waals surface area contributed by atoms with Crippen LogP contribution in [0.2, 0.25) is 0 Å². The number of likely N-dealkylation sites (tertiary alicyclic amines) is 1. The molecular weight excluding hydrogens is 466 g/mol. The van der Waals surface area contributed by atoms with E-state index < -0.39 is 0 Å². The average molecular weight is 508 g/mol. The number of carbonyl (C=O) groups is 1. The molecule has 2 bridgehead atoms. The number of fused-ring (bicyclic) bond motifs is 2. The van der Waals surface area contributed by atoms with Gasteiger partial charge in [-0.25, -0.2) is 4.68 Å². The van der Waals surface area contributed by atoms with Crippen LogP contribution < -0.4 is 20.7 Å². The highest BCUT2D eigenvalue weighted by molar-refractivity contribution is 5.97. The van der Waals surface area contributed by atoms with Crippen molar-refractivity contribution in [1.29, 1.82) is 0 Å². The number of nitrogens with two attached hydrogens (primary N) is 1. The first-order chi connectivity index (χ1) is 17.8. The van der Waals surface area contributed by atoms with Gasteiger partial charge in [-0.2, -0.15) is 5.10 Å². The molecule has 9 nitrogen and oxygen atoms in total. The van der Waals surface area contributed by atoms with Crippen molar-refractivity contribution in [2.45, 2.75) is 64.7 Å². The number of aromatic nitrogens is 2. The lowest BCUT2D eigenvalue weighted by Gasteiger charge is -2.41. The van der Waals surface area contributed by atoms with Gasteiger partial charge in [-0.3, -0.25) is 9.69 Å². The second kappa shape index (κ2) is 10.4. The topological polar surface area (TPSA) is 91.9 Å². The van der Waals surface area contributed by atoms with Crippen LogP contribution in [0.15, 0.2) is 29.8 Å². The molecule has 1 aromatic carbocycles. The molecule has 9 heteroatoms. The van der Waals surface area contributed by atoms with Crippen molar-refractivity contribution in [3.63, 3.8) is 0 Å². The number of rotatable bonds is 2. The van der Waals surface area contributed by atoms with E-state index in [1.165, 1.54) is 5.57 Å². The number of aryl methyl sites for hydroxylation is 1. The largest absolute Gasteiger partial charge is 0.493 e. The first-order valence-electron chi connectivity index (χ1n) is 13.6. The van der Waals surface area contributed by atoms with E-state index in [0.717, 1.165) is 68.2 Å². The molecule has 1 aromatic heterocycles. The summed E-state index contributed by atoms with van der Waals surface area (Å²) in [5.41, 5.74) is 10.1. The molecule has 3 N–H and O–H groups in total. The Labute approximate surface area is 220 Å². The van der Waals surface area contributed by atoms with Crippen molar-refractivity contribution >= 4 is 17.5 Å². The van der Waals surface area contributed by atoms with E-state index in [1.807, 2.05) is 41.8 Å². The number of nitrogens with one attached hydrogen (secondary N) is 1. The van der Waals surface area contributed by atoms with Gasteiger partial charge in [0.05, 0.1) is 23.9 Å². The molecule has 4 heterocycles. The lowest BCUT2D eigenvalue weighted by Crippen LogP contribution is -2.51. The summed E-state index contributed by atoms with van der Waals surface area (Å²) in [5.74, 6) is 2.66. The zero-order valence-corrected chi connectivity index (χ0v) is 22.8. The van der Waals surface area contributed by atoms with Gasteiger partial charge < -0.3 is 25.6 Å². The van der Waals surface area contributed by atoms with Gasteiger partial charge in [-0.1, -0.05) is 18.6 Å². The molecule has 1 unspecified atom stereocenters. The van der Waals surface area contributed by atoms with Crippen molar-refractivity contribution in [2.24, 2.45) is 5.73 Å². The molecule has 37 heavy (non-hydrogen) atoms. The fourth-order valence-electron chi connectivity index (χ4n) is 6.01. The number of amides is 1. The Balaban J connectivity index is 1.57. The lowest BCUT2D eigenvalue weighted by atomic mass is 10.1. The number of likely N-dealkylation sites (N-methyl/N-ethyl adjacent to an activating group) is 1. The van der Waals surface area contributed by atoms with Crippen LogP contribution in [0, 0.1) is 6.92 Å². The van der Waals surface area contributed by atoms with E-state index in [1.54, 1.807) is 0 Å². The van der Waals surface area contributed by atoms with Gasteiger partial charge in [0, 0.05) is 51.4 Å². The molecule has 0 radical (unpaired) electrons. The van der Waals surface area contributed by atoms with Crippen LogP contribution in [0.4, 0.5) is 5.82 Å². The average Bonchev–Trinajstić information content (AvgIpc) is 3.50. The van der Waals surface area contributed by atoms with Crippen molar-refractivity contribution in [2.75, 3.05) is 45.2 Å². The maximum absolute atomic E-state index is 13.8. The molecule has 200 valence electrons. The van der Waals surface area contributed by atoms with Crippen LogP contribution in [0.5, 0.6) is 5.75 Å². The van der Waals surface area contributed by atoms with E-state index in [4.69, 9.17) is 15.6 Å². The SMILES string of the molecule is CC[C@H]1c2cc3n(n2)C(=C(C)C(N2CC[C@H](N)C2)N3C)NCCCCOc2ccc(C)cc2C(=O)N1C. The summed E-state index contributed by atoms with van der Waals surface area (Å²) < 4.78 is 8.15. The summed E-state index contributed by atoms with van der Waals surface area (Å²) in [6.07, 6.45) is 3.71. The van der Waals surface area contributed by atoms with E-state index in [0.29, 0.717) is 17.9 Å². The number of hydrogen-bond acceptors (Lipinski definition) is 7. The molecule has 5 rings (SSSR count). The van der Waals surface area contributed by atoms with Crippen LogP contribution in [-0.4, -0.2) is 78.0 Å². The van der Waals surface area contributed by atoms with Crippen LogP contribution in [0.3, 0.4) is 0 Å². The molecule has 1 saturated heterocycles. The van der Waals surface area contributed by atoms with Crippen LogP contribution in [0.25, 0.3) is 5.82 Å². The molecular formula is C28H41N7O2. The zero-order chi connectivity index (χ0) is 26.3. The monoisotopic (exact) mass is 507 g/mol. The third-order valence-electron chi connectivity index (χ3n) is 8.01. The predicted molar refractivity (Wildman–Crippen MR) is 147 cm³/mol. The van der Waals surface area contributed by atoms with Gasteiger partial charge >= 0.3 is 0 Å². The smallest absolute Gasteiger partial charge is 0.257 e. The number of benzene rings is 1. The van der Waals surface area contributed by atoms with Gasteiger partial charge in [-0.05, 0) is 51.7 Å². The van der Waals surface area contributed by atoms with E-state index >= 15 is 0 Å². The normalized spacial score (nSPS) is 25.4. The van der Waals surface area contributed by atoms with Gasteiger partial charge in [0.1, 0.15) is 23.6 Å². The van der Waals surface area contributed by atoms with Crippen molar-refractivity contribution in [3.8, 4) is 5.75 Å². The van der Waals surface area contributed by atoms with Crippen molar-refractivity contribution in [3.05, 3.63) is 46.7 Å². The maximum Gasteiger partial charge on any atom is 0.257 e. The van der Waals surface area contributed by atoms with Gasteiger partial charge in [0.25, 0.3) is 5.91 Å². The minimum Gasteiger partial charge on any atom is -0.493 e. The maximum atomic E-state index is 13.8. The van der Waals surface area contributed by atoms with Gasteiger partial charge in [-0.15, -0.1) is 0 Å². The van der Waals surface area contributed by atoms with Gasteiger partial charge in [0.2, 0.25) is 0 Å². The predicted octanol–water partition coefficient (Wildman–Crippen LogP) is 3.17. The number of nitrogens with zero attached hydrogens (tertiary/aromatic N) is 5. The van der Waals surface area contributed by atoms with E-state index in [-0.39, 0.29) is 24.2 Å². The summed E-state index contributed by atoms with van der Waals surface area (Å²) >= 11 is 0. The molecule has 3 aliphatic rings. The highest BCUT2D eigenvalue weighted by Gasteiger charge is 2.38. The van der Waals surface area contributed by atoms with Crippen LogP contribution in [0.1, 0.15) is 67.2 Å². The number of anilines is 1. The first-order valence-corrected chi connectivity index (χ1v) is 13.6. The van der Waals surface area contributed by atoms with Crippen LogP contribution >= 0.6 is 0 Å². The Kier molecular flexibility index (Phi) is 7.18. The quantitative estimate of drug-likeness (QED) is 0.645. The molecule has 3 atom stereocenters. The Morgan fingerprint density at radius 3 is 2.70 bits per heavy atom. The molecule has 0 saturated carbocycles. The lowest BCUT2D eigenvalue weighted by molar-refractivity contribution is 0.0718. The summed E-state index contributed by atoms with van der Waals surface area (Å²) in [6.45, 7) is 9.55. The van der Waals surface area contributed by atoms with Gasteiger partial charge in [0.15, 0.2) is 0 Å². The summed E-state index contributed by atoms with van der Waals surface area (Å²) in [5, 5.41) is 8.80. The standard InChI is InChI=1S/C28H41N7O2/c1-6-23-22-16-25-33(5)27(34-13-11-20(29)17-34)19(3)26(35(25)31-22)30-12-7-8-14-37-24-10-9-18(2)15-21(24)28(36)32(23)4/h9-10,15-16,20,23,27,30H,6-8,11-14,17,29H2,1-5H3/t20-,23-,27?/m0/s1. The van der Waals surface area contributed by atoms with Crippen LogP contribution in [-0.2, 0) is 0 Å². The molecule has 3 aliphatic heterocycles. The highest BCUT2D eigenvalue weighted by Crippen LogP contribution is 2.37. The Morgan fingerprint density at radius 1 is 1.16 bits per heavy atom. The fourth-order valence-corrected chi connectivity index (χ4v) is 6.01. The minimum atomic E-state index is -0.169. The third-order valence-corrected chi connectivity index (χ3v) is 8.01. The van der Waals surface area contributed by atoms with E-state index in [2.05, 4.69) is 42.1 Å². The Morgan fingerprint density at radius 2 is 1.97 bits per heavy atom. The Bertz CT molecular complexity index is 1190. The summed E-state index contributed by atoms with van der Waals surface area (Å²) in [6, 6.07) is 8.04. The Hall–Kier alpha value is -3.04. The first kappa shape index (κ1) is 25.6. The summed E-state index contributed by atoms with van der Waals surface area (Å²) in [4.78, 5) is 20.4. The molecule has 1 fully saturated rings. The zero-order valence-electron chi connectivity index (χ0n) is 22.8. The number of hydrogen-bond donors (Lipinski definition) is 2. The molecule has 2 aromatic rings. The molecule has 1 amide bonds.